The molecule has 1 fully saturated rings. The first-order chi connectivity index (χ1) is 9.74. The van der Waals surface area contributed by atoms with Crippen LogP contribution >= 0.6 is 0 Å². The van der Waals surface area contributed by atoms with Gasteiger partial charge in [0.1, 0.15) is 11.4 Å². The molecule has 21 heavy (non-hydrogen) atoms. The van der Waals surface area contributed by atoms with E-state index in [2.05, 4.69) is 50.9 Å². The Morgan fingerprint density at radius 1 is 1.29 bits per heavy atom. The Labute approximate surface area is 127 Å². The summed E-state index contributed by atoms with van der Waals surface area (Å²) in [6.07, 6.45) is 2.58. The zero-order chi connectivity index (χ0) is 15.4. The number of hydrogen-bond donors (Lipinski definition) is 1. The third-order valence-electron chi connectivity index (χ3n) is 5.09. The van der Waals surface area contributed by atoms with Crippen LogP contribution in [0.5, 0.6) is 0 Å². The number of likely N-dealkylation sites (N-methyl/N-ethyl adjacent to an activating group) is 1. The number of carbonyl (C=O) groups is 1. The number of fused-ring (bicyclic) bond motifs is 1. The maximum Gasteiger partial charge on any atom is 0.251 e. The van der Waals surface area contributed by atoms with Crippen molar-refractivity contribution in [2.75, 3.05) is 7.05 Å². The molecular formula is C18H24N2O. The van der Waals surface area contributed by atoms with Gasteiger partial charge in [-0.25, -0.2) is 0 Å². The fourth-order valence-electron chi connectivity index (χ4n) is 3.46. The average Bonchev–Trinajstić information content (AvgIpc) is 2.62. The van der Waals surface area contributed by atoms with Crippen molar-refractivity contribution < 1.29 is 4.79 Å². The standard InChI is InChI=1S/C18H24N2O/c1-12-19-16(21)18(20(12)5)9-8-13-10-15(17(2,3)4)7-6-14(13)11-18/h6-7,10H,1,8-9,11H2,2-5H3,(H,19,21). The minimum atomic E-state index is -0.437. The Morgan fingerprint density at radius 3 is 2.57 bits per heavy atom. The minimum Gasteiger partial charge on any atom is -0.347 e. The van der Waals surface area contributed by atoms with Crippen molar-refractivity contribution in [2.45, 2.75) is 51.0 Å². The summed E-state index contributed by atoms with van der Waals surface area (Å²) in [4.78, 5) is 14.4. The first-order valence-electron chi connectivity index (χ1n) is 7.60. The van der Waals surface area contributed by atoms with Gasteiger partial charge in [-0.05, 0) is 34.9 Å². The van der Waals surface area contributed by atoms with Gasteiger partial charge in [0.25, 0.3) is 5.91 Å². The van der Waals surface area contributed by atoms with Crippen molar-refractivity contribution in [2.24, 2.45) is 0 Å². The fraction of sp³-hybridized carbons (Fsp3) is 0.500. The van der Waals surface area contributed by atoms with Gasteiger partial charge >= 0.3 is 0 Å². The molecule has 1 N–H and O–H groups in total. The summed E-state index contributed by atoms with van der Waals surface area (Å²) in [6, 6.07) is 6.74. The Bertz CT molecular complexity index is 627. The van der Waals surface area contributed by atoms with Gasteiger partial charge in [-0.15, -0.1) is 0 Å². The van der Waals surface area contributed by atoms with Gasteiger partial charge in [0.05, 0.1) is 0 Å². The predicted octanol–water partition coefficient (Wildman–Crippen LogP) is 2.74. The van der Waals surface area contributed by atoms with Crippen LogP contribution in [0.3, 0.4) is 0 Å². The molecule has 112 valence electrons. The van der Waals surface area contributed by atoms with E-state index >= 15 is 0 Å². The molecule has 1 unspecified atom stereocenters. The lowest BCUT2D eigenvalue weighted by atomic mass is 9.75. The molecule has 1 aliphatic heterocycles. The van der Waals surface area contributed by atoms with Gasteiger partial charge in [-0.3, -0.25) is 4.79 Å². The summed E-state index contributed by atoms with van der Waals surface area (Å²) in [5.74, 6) is 0.815. The molecule has 1 spiro atoms. The van der Waals surface area contributed by atoms with E-state index in [-0.39, 0.29) is 11.3 Å². The molecule has 0 bridgehead atoms. The van der Waals surface area contributed by atoms with Crippen LogP contribution in [-0.2, 0) is 23.1 Å². The Balaban J connectivity index is 1.97. The van der Waals surface area contributed by atoms with Crippen LogP contribution in [0.4, 0.5) is 0 Å². The number of rotatable bonds is 0. The Kier molecular flexibility index (Phi) is 2.94. The van der Waals surface area contributed by atoms with E-state index in [0.29, 0.717) is 0 Å². The summed E-state index contributed by atoms with van der Waals surface area (Å²) < 4.78 is 0. The summed E-state index contributed by atoms with van der Waals surface area (Å²) in [6.45, 7) is 10.6. The van der Waals surface area contributed by atoms with Gasteiger partial charge in [0.15, 0.2) is 0 Å². The summed E-state index contributed by atoms with van der Waals surface area (Å²) in [7, 11) is 1.97. The molecule has 1 aliphatic carbocycles. The quantitative estimate of drug-likeness (QED) is 0.794. The zero-order valence-electron chi connectivity index (χ0n) is 13.4. The van der Waals surface area contributed by atoms with Gasteiger partial charge in [-0.2, -0.15) is 0 Å². The molecule has 1 aromatic carbocycles. The SMILES string of the molecule is C=C1NC(=O)C2(CCc3cc(C(C)(C)C)ccc3C2)N1C. The van der Waals surface area contributed by atoms with Gasteiger partial charge in [0.2, 0.25) is 0 Å². The number of aryl methyl sites for hydroxylation is 1. The van der Waals surface area contributed by atoms with Crippen LogP contribution in [0, 0.1) is 0 Å². The van der Waals surface area contributed by atoms with Crippen molar-refractivity contribution in [3.8, 4) is 0 Å². The lowest BCUT2D eigenvalue weighted by Gasteiger charge is -2.38. The summed E-state index contributed by atoms with van der Waals surface area (Å²) in [5, 5.41) is 2.89. The smallest absolute Gasteiger partial charge is 0.251 e. The second-order valence-electron chi connectivity index (χ2n) is 7.40. The molecule has 1 heterocycles. The maximum atomic E-state index is 12.4. The number of nitrogens with zero attached hydrogens (tertiary/aromatic N) is 1. The second-order valence-corrected chi connectivity index (χ2v) is 7.40. The van der Waals surface area contributed by atoms with Crippen LogP contribution in [0.15, 0.2) is 30.6 Å². The van der Waals surface area contributed by atoms with E-state index in [1.54, 1.807) is 0 Å². The molecule has 3 nitrogen and oxygen atoms in total. The lowest BCUT2D eigenvalue weighted by Crippen LogP contribution is -2.51. The third kappa shape index (κ3) is 2.06. The number of hydrogen-bond acceptors (Lipinski definition) is 2. The molecule has 1 amide bonds. The van der Waals surface area contributed by atoms with E-state index in [1.807, 2.05) is 11.9 Å². The Hall–Kier alpha value is -1.77. The highest BCUT2D eigenvalue weighted by atomic mass is 16.2. The van der Waals surface area contributed by atoms with Gasteiger partial charge < -0.3 is 10.2 Å². The lowest BCUT2D eigenvalue weighted by molar-refractivity contribution is -0.126. The van der Waals surface area contributed by atoms with Gasteiger partial charge in [0, 0.05) is 13.5 Å². The Morgan fingerprint density at radius 2 is 2.00 bits per heavy atom. The van der Waals surface area contributed by atoms with Crippen LogP contribution in [0.25, 0.3) is 0 Å². The highest BCUT2D eigenvalue weighted by Crippen LogP contribution is 2.38. The second kappa shape index (κ2) is 4.36. The molecule has 3 rings (SSSR count). The molecule has 1 atom stereocenters. The van der Waals surface area contributed by atoms with Crippen LogP contribution in [0.2, 0.25) is 0 Å². The number of benzene rings is 1. The first kappa shape index (κ1) is 14.2. The molecule has 0 saturated carbocycles. The molecule has 1 aromatic rings. The molecule has 0 aromatic heterocycles. The van der Waals surface area contributed by atoms with E-state index in [1.165, 1.54) is 16.7 Å². The molecule has 0 radical (unpaired) electrons. The van der Waals surface area contributed by atoms with Crippen LogP contribution in [0.1, 0.15) is 43.9 Å². The van der Waals surface area contributed by atoms with Crippen molar-refractivity contribution >= 4 is 5.91 Å². The highest BCUT2D eigenvalue weighted by Gasteiger charge is 2.49. The molecule has 3 heteroatoms. The van der Waals surface area contributed by atoms with E-state index < -0.39 is 5.54 Å². The van der Waals surface area contributed by atoms with Crippen molar-refractivity contribution in [3.05, 3.63) is 47.3 Å². The van der Waals surface area contributed by atoms with E-state index in [9.17, 15) is 4.79 Å². The predicted molar refractivity (Wildman–Crippen MR) is 84.9 cm³/mol. The maximum absolute atomic E-state index is 12.4. The minimum absolute atomic E-state index is 0.0977. The summed E-state index contributed by atoms with van der Waals surface area (Å²) >= 11 is 0. The average molecular weight is 284 g/mol. The fourth-order valence-corrected chi connectivity index (χ4v) is 3.46. The monoisotopic (exact) mass is 284 g/mol. The topological polar surface area (TPSA) is 32.3 Å². The third-order valence-corrected chi connectivity index (χ3v) is 5.09. The highest BCUT2D eigenvalue weighted by molar-refractivity contribution is 5.91. The van der Waals surface area contributed by atoms with Crippen molar-refractivity contribution in [3.63, 3.8) is 0 Å². The van der Waals surface area contributed by atoms with E-state index in [4.69, 9.17) is 0 Å². The van der Waals surface area contributed by atoms with Crippen LogP contribution < -0.4 is 5.32 Å². The van der Waals surface area contributed by atoms with Crippen molar-refractivity contribution in [1.29, 1.82) is 0 Å². The van der Waals surface area contributed by atoms with E-state index in [0.717, 1.165) is 25.1 Å². The molecule has 2 aliphatic rings. The zero-order valence-corrected chi connectivity index (χ0v) is 13.4. The largest absolute Gasteiger partial charge is 0.347 e. The normalized spacial score (nSPS) is 25.2. The number of nitrogens with one attached hydrogen (secondary N) is 1. The number of amides is 1. The van der Waals surface area contributed by atoms with Crippen molar-refractivity contribution in [1.82, 2.24) is 10.2 Å². The number of carbonyl (C=O) groups excluding carboxylic acids is 1. The summed E-state index contributed by atoms with van der Waals surface area (Å²) in [5.41, 5.74) is 3.79. The van der Waals surface area contributed by atoms with Crippen LogP contribution in [-0.4, -0.2) is 23.4 Å². The molecule has 1 saturated heterocycles. The molecular weight excluding hydrogens is 260 g/mol. The van der Waals surface area contributed by atoms with Gasteiger partial charge in [-0.1, -0.05) is 45.5 Å². The first-order valence-corrected chi connectivity index (χ1v) is 7.60.